The predicted octanol–water partition coefficient (Wildman–Crippen LogP) is 5.77. The van der Waals surface area contributed by atoms with Crippen LogP contribution in [0.4, 0.5) is 11.4 Å². The van der Waals surface area contributed by atoms with E-state index >= 15 is 0 Å². The number of nitrogens with zero attached hydrogens (tertiary/aromatic N) is 2. The van der Waals surface area contributed by atoms with Crippen molar-refractivity contribution in [2.24, 2.45) is 10.2 Å². The van der Waals surface area contributed by atoms with Crippen LogP contribution in [0.5, 0.6) is 5.75 Å². The first-order valence-electron chi connectivity index (χ1n) is 4.91. The van der Waals surface area contributed by atoms with Crippen molar-refractivity contribution in [1.29, 1.82) is 0 Å². The quantitative estimate of drug-likeness (QED) is 0.703. The lowest BCUT2D eigenvalue weighted by atomic mass is 10.3. The number of azo groups is 1. The van der Waals surface area contributed by atoms with Gasteiger partial charge >= 0.3 is 0 Å². The summed E-state index contributed by atoms with van der Waals surface area (Å²) in [5.41, 5.74) is 0.731. The van der Waals surface area contributed by atoms with Crippen molar-refractivity contribution in [3.05, 3.63) is 51.5 Å². The minimum Gasteiger partial charge on any atom is -0.506 e. The molecule has 0 unspecified atom stereocenters. The maximum atomic E-state index is 9.56. The number of rotatable bonds is 2. The Hall–Kier alpha value is -1.29. The zero-order valence-electron chi connectivity index (χ0n) is 8.94. The summed E-state index contributed by atoms with van der Waals surface area (Å²) in [5.74, 6) is -0.00626. The molecule has 18 heavy (non-hydrogen) atoms. The highest BCUT2D eigenvalue weighted by molar-refractivity contribution is 6.36. The van der Waals surface area contributed by atoms with E-state index < -0.39 is 0 Å². The Bertz CT molecular complexity index is 614. The summed E-state index contributed by atoms with van der Waals surface area (Å²) >= 11 is 17.5. The third-order valence-electron chi connectivity index (χ3n) is 2.11. The number of phenols is 1. The molecule has 0 atom stereocenters. The van der Waals surface area contributed by atoms with E-state index in [-0.39, 0.29) is 11.4 Å². The molecule has 0 spiro atoms. The van der Waals surface area contributed by atoms with Gasteiger partial charge in [0.2, 0.25) is 0 Å². The summed E-state index contributed by atoms with van der Waals surface area (Å²) in [6.07, 6.45) is 0. The second-order valence-corrected chi connectivity index (χ2v) is 4.71. The molecule has 6 heteroatoms. The topological polar surface area (TPSA) is 45.0 Å². The fourth-order valence-corrected chi connectivity index (χ4v) is 1.86. The molecule has 0 heterocycles. The van der Waals surface area contributed by atoms with Crippen LogP contribution in [-0.4, -0.2) is 5.11 Å². The lowest BCUT2D eigenvalue weighted by Crippen LogP contribution is -1.70. The van der Waals surface area contributed by atoms with Crippen molar-refractivity contribution < 1.29 is 5.11 Å². The smallest absolute Gasteiger partial charge is 0.143 e. The number of halogens is 3. The predicted molar refractivity (Wildman–Crippen MR) is 73.8 cm³/mol. The van der Waals surface area contributed by atoms with E-state index in [1.807, 2.05) is 0 Å². The molecule has 2 aromatic carbocycles. The van der Waals surface area contributed by atoms with Gasteiger partial charge in [-0.1, -0.05) is 34.8 Å². The standard InChI is InChI=1S/C12H7Cl3N2O/c13-7-1-3-10(9(15)5-7)16-17-11-6-8(14)2-4-12(11)18/h1-6,18H. The summed E-state index contributed by atoms with van der Waals surface area (Å²) in [7, 11) is 0. The Labute approximate surface area is 119 Å². The van der Waals surface area contributed by atoms with Crippen molar-refractivity contribution >= 4 is 46.2 Å². The molecular weight excluding hydrogens is 295 g/mol. The maximum Gasteiger partial charge on any atom is 0.143 e. The van der Waals surface area contributed by atoms with E-state index in [4.69, 9.17) is 34.8 Å². The molecule has 0 aliphatic heterocycles. The Balaban J connectivity index is 2.32. The van der Waals surface area contributed by atoms with E-state index in [1.165, 1.54) is 12.1 Å². The third kappa shape index (κ3) is 3.13. The van der Waals surface area contributed by atoms with Crippen LogP contribution in [0.15, 0.2) is 46.6 Å². The molecule has 0 bridgehead atoms. The normalized spacial score (nSPS) is 11.1. The molecule has 0 fully saturated rings. The van der Waals surface area contributed by atoms with Gasteiger partial charge in [0.05, 0.1) is 5.02 Å². The zero-order chi connectivity index (χ0) is 13.1. The van der Waals surface area contributed by atoms with E-state index in [0.717, 1.165) is 0 Å². The van der Waals surface area contributed by atoms with Crippen LogP contribution >= 0.6 is 34.8 Å². The number of aromatic hydroxyl groups is 1. The van der Waals surface area contributed by atoms with Gasteiger partial charge < -0.3 is 5.11 Å². The highest BCUT2D eigenvalue weighted by Crippen LogP contribution is 2.33. The maximum absolute atomic E-state index is 9.56. The van der Waals surface area contributed by atoms with E-state index in [1.54, 1.807) is 24.3 Å². The Morgan fingerprint density at radius 1 is 0.778 bits per heavy atom. The van der Waals surface area contributed by atoms with Crippen molar-refractivity contribution in [3.8, 4) is 5.75 Å². The van der Waals surface area contributed by atoms with Gasteiger partial charge in [0, 0.05) is 10.0 Å². The minimum absolute atomic E-state index is 0.00626. The summed E-state index contributed by atoms with van der Waals surface area (Å²) in [4.78, 5) is 0. The first-order valence-corrected chi connectivity index (χ1v) is 6.05. The summed E-state index contributed by atoms with van der Waals surface area (Å²) in [6.45, 7) is 0. The van der Waals surface area contributed by atoms with E-state index in [2.05, 4.69) is 10.2 Å². The molecule has 0 aliphatic rings. The molecule has 0 saturated heterocycles. The molecule has 0 radical (unpaired) electrons. The SMILES string of the molecule is Oc1ccc(Cl)cc1N=Nc1ccc(Cl)cc1Cl. The number of hydrogen-bond donors (Lipinski definition) is 1. The fourth-order valence-electron chi connectivity index (χ4n) is 1.25. The van der Waals surface area contributed by atoms with Gasteiger partial charge in [-0.25, -0.2) is 0 Å². The van der Waals surface area contributed by atoms with Gasteiger partial charge in [-0.2, -0.15) is 0 Å². The van der Waals surface area contributed by atoms with Gasteiger partial charge in [0.1, 0.15) is 17.1 Å². The second-order valence-electron chi connectivity index (χ2n) is 3.43. The highest BCUT2D eigenvalue weighted by Gasteiger charge is 2.02. The molecule has 3 nitrogen and oxygen atoms in total. The second kappa shape index (κ2) is 5.57. The molecule has 0 aliphatic carbocycles. The van der Waals surface area contributed by atoms with Crippen LogP contribution in [0.25, 0.3) is 0 Å². The number of hydrogen-bond acceptors (Lipinski definition) is 3. The minimum atomic E-state index is -0.00626. The van der Waals surface area contributed by atoms with Crippen molar-refractivity contribution in [3.63, 3.8) is 0 Å². The first-order chi connectivity index (χ1) is 8.56. The van der Waals surface area contributed by atoms with Crippen LogP contribution in [0, 0.1) is 0 Å². The molecule has 2 aromatic rings. The van der Waals surface area contributed by atoms with Crippen molar-refractivity contribution in [2.75, 3.05) is 0 Å². The Kier molecular flexibility index (Phi) is 4.07. The van der Waals surface area contributed by atoms with E-state index in [0.29, 0.717) is 20.8 Å². The van der Waals surface area contributed by atoms with Gasteiger partial charge in [0.15, 0.2) is 0 Å². The molecule has 0 saturated carbocycles. The molecule has 0 amide bonds. The number of benzene rings is 2. The largest absolute Gasteiger partial charge is 0.506 e. The average molecular weight is 302 g/mol. The summed E-state index contributed by atoms with van der Waals surface area (Å²) < 4.78 is 0. The third-order valence-corrected chi connectivity index (χ3v) is 2.89. The zero-order valence-corrected chi connectivity index (χ0v) is 11.2. The van der Waals surface area contributed by atoms with Crippen LogP contribution in [0.1, 0.15) is 0 Å². The van der Waals surface area contributed by atoms with Crippen LogP contribution in [0.2, 0.25) is 15.1 Å². The average Bonchev–Trinajstić information content (AvgIpc) is 2.32. The summed E-state index contributed by atoms with van der Waals surface area (Å²) in [5, 5.41) is 18.7. The Morgan fingerprint density at radius 3 is 2.11 bits per heavy atom. The van der Waals surface area contributed by atoms with Crippen molar-refractivity contribution in [2.45, 2.75) is 0 Å². The molecule has 1 N–H and O–H groups in total. The van der Waals surface area contributed by atoms with Gasteiger partial charge in [-0.3, -0.25) is 0 Å². The monoisotopic (exact) mass is 300 g/mol. The van der Waals surface area contributed by atoms with E-state index in [9.17, 15) is 5.11 Å². The van der Waals surface area contributed by atoms with Gasteiger partial charge in [-0.05, 0) is 36.4 Å². The van der Waals surface area contributed by atoms with Gasteiger partial charge in [0.25, 0.3) is 0 Å². The van der Waals surface area contributed by atoms with Crippen LogP contribution in [0.3, 0.4) is 0 Å². The fraction of sp³-hybridized carbons (Fsp3) is 0. The molecule has 2 rings (SSSR count). The molecule has 92 valence electrons. The summed E-state index contributed by atoms with van der Waals surface area (Å²) in [6, 6.07) is 9.36. The van der Waals surface area contributed by atoms with Gasteiger partial charge in [-0.15, -0.1) is 10.2 Å². The van der Waals surface area contributed by atoms with Crippen LogP contribution < -0.4 is 0 Å². The first kappa shape index (κ1) is 13.1. The lowest BCUT2D eigenvalue weighted by Gasteiger charge is -1.99. The molecular formula is C12H7Cl3N2O. The Morgan fingerprint density at radius 2 is 1.39 bits per heavy atom. The van der Waals surface area contributed by atoms with Crippen LogP contribution in [-0.2, 0) is 0 Å². The van der Waals surface area contributed by atoms with Crippen molar-refractivity contribution in [1.82, 2.24) is 0 Å². The highest BCUT2D eigenvalue weighted by atomic mass is 35.5. The number of phenolic OH excluding ortho intramolecular Hbond substituents is 1. The molecule has 0 aromatic heterocycles. The lowest BCUT2D eigenvalue weighted by molar-refractivity contribution is 0.476.